The Morgan fingerprint density at radius 3 is 2.89 bits per heavy atom. The summed E-state index contributed by atoms with van der Waals surface area (Å²) in [6.07, 6.45) is 8.39. The highest BCUT2D eigenvalue weighted by Gasteiger charge is 2.40. The van der Waals surface area contributed by atoms with E-state index in [9.17, 15) is 13.6 Å². The van der Waals surface area contributed by atoms with Crippen molar-refractivity contribution < 1.29 is 18.3 Å². The summed E-state index contributed by atoms with van der Waals surface area (Å²) in [5.74, 6) is -1.73. The number of nitrogens with one attached hydrogen (secondary N) is 3. The van der Waals surface area contributed by atoms with Crippen molar-refractivity contribution in [3.05, 3.63) is 112 Å². The van der Waals surface area contributed by atoms with Crippen molar-refractivity contribution in [1.82, 2.24) is 16.0 Å². The second kappa shape index (κ2) is 9.60. The highest BCUT2D eigenvalue weighted by Crippen LogP contribution is 2.32. The summed E-state index contributed by atoms with van der Waals surface area (Å²) in [4.78, 5) is 11.9. The van der Waals surface area contributed by atoms with E-state index in [2.05, 4.69) is 47.7 Å². The second-order valence-corrected chi connectivity index (χ2v) is 9.01. The zero-order valence-corrected chi connectivity index (χ0v) is 19.4. The highest BCUT2D eigenvalue weighted by atomic mass is 19.2. The molecule has 1 fully saturated rings. The number of allylic oxidation sites excluding steroid dienone is 2. The van der Waals surface area contributed by atoms with Crippen LogP contribution in [0.1, 0.15) is 40.4 Å². The Bertz CT molecular complexity index is 1280. The van der Waals surface area contributed by atoms with E-state index in [1.807, 2.05) is 18.3 Å². The van der Waals surface area contributed by atoms with Gasteiger partial charge < -0.3 is 15.4 Å². The number of fused-ring (bicyclic) bond motifs is 1. The Kier molecular flexibility index (Phi) is 6.36. The van der Waals surface area contributed by atoms with E-state index >= 15 is 0 Å². The van der Waals surface area contributed by atoms with E-state index in [1.54, 1.807) is 12.1 Å². The number of hydrogen-bond acceptors (Lipinski definition) is 4. The van der Waals surface area contributed by atoms with Crippen LogP contribution in [0.15, 0.2) is 78.6 Å². The van der Waals surface area contributed by atoms with Gasteiger partial charge >= 0.3 is 0 Å². The Morgan fingerprint density at radius 1 is 1.23 bits per heavy atom. The molecule has 0 spiro atoms. The van der Waals surface area contributed by atoms with Crippen LogP contribution in [0.3, 0.4) is 0 Å². The Hall–Kier alpha value is -3.55. The zero-order valence-electron chi connectivity index (χ0n) is 19.4. The van der Waals surface area contributed by atoms with E-state index in [-0.39, 0.29) is 24.3 Å². The zero-order chi connectivity index (χ0) is 24.5. The smallest absolute Gasteiger partial charge is 0.251 e. The summed E-state index contributed by atoms with van der Waals surface area (Å²) in [7, 11) is 0. The van der Waals surface area contributed by atoms with Crippen molar-refractivity contribution in [1.29, 1.82) is 0 Å². The number of ether oxygens (including phenoxy) is 1. The maximum Gasteiger partial charge on any atom is 0.251 e. The quantitative estimate of drug-likeness (QED) is 0.389. The summed E-state index contributed by atoms with van der Waals surface area (Å²) < 4.78 is 32.2. The van der Waals surface area contributed by atoms with Crippen LogP contribution >= 0.6 is 0 Å². The lowest BCUT2D eigenvalue weighted by molar-refractivity contribution is 0.0965. The molecule has 3 aliphatic rings. The monoisotopic (exact) mass is 475 g/mol. The fourth-order valence-electron chi connectivity index (χ4n) is 4.54. The third-order valence-corrected chi connectivity index (χ3v) is 6.63. The fourth-order valence-corrected chi connectivity index (χ4v) is 4.54. The van der Waals surface area contributed by atoms with Gasteiger partial charge in [-0.2, -0.15) is 0 Å². The molecule has 0 radical (unpaired) electrons. The number of rotatable bonds is 8. The van der Waals surface area contributed by atoms with Crippen LogP contribution < -0.4 is 16.0 Å². The van der Waals surface area contributed by atoms with E-state index in [4.69, 9.17) is 4.74 Å². The van der Waals surface area contributed by atoms with E-state index < -0.39 is 11.6 Å². The number of amides is 1. The van der Waals surface area contributed by atoms with Gasteiger partial charge in [-0.05, 0) is 71.0 Å². The van der Waals surface area contributed by atoms with E-state index in [0.29, 0.717) is 18.7 Å². The minimum Gasteiger partial charge on any atom is -0.384 e. The molecule has 2 aliphatic heterocycles. The summed E-state index contributed by atoms with van der Waals surface area (Å²) >= 11 is 0. The third-order valence-electron chi connectivity index (χ3n) is 6.63. The van der Waals surface area contributed by atoms with E-state index in [1.165, 1.54) is 17.2 Å². The standard InChI is InChI=1S/C28H27F2N3O2/c1-3-18(26-28(35-26)33-13-17-5-9-24(29)25(30)10-17)14-31-21-7-4-16(2)23(12-21)19-6-8-22-20(11-19)15-32-27(22)34/h3-11,14,21,26,28,31,33H,1,12-13,15H2,2H3,(H,32,34)/b18-14-/t21?,26?,28-/m0/s1. The molecule has 1 amide bonds. The largest absolute Gasteiger partial charge is 0.384 e. The van der Waals surface area contributed by atoms with Crippen molar-refractivity contribution in [2.45, 2.75) is 44.8 Å². The van der Waals surface area contributed by atoms with Crippen LogP contribution in [0, 0.1) is 11.6 Å². The van der Waals surface area contributed by atoms with Gasteiger partial charge in [-0.1, -0.05) is 36.9 Å². The minimum absolute atomic E-state index is 0.0117. The summed E-state index contributed by atoms with van der Waals surface area (Å²) in [6, 6.07) is 9.98. The van der Waals surface area contributed by atoms with Gasteiger partial charge in [0.15, 0.2) is 11.6 Å². The van der Waals surface area contributed by atoms with Gasteiger partial charge in [-0.3, -0.25) is 10.1 Å². The summed E-state index contributed by atoms with van der Waals surface area (Å²) in [5, 5.41) is 9.53. The predicted molar refractivity (Wildman–Crippen MR) is 131 cm³/mol. The lowest BCUT2D eigenvalue weighted by Crippen LogP contribution is -2.26. The number of halogens is 2. The molecule has 2 heterocycles. The topological polar surface area (TPSA) is 65.7 Å². The number of carbonyl (C=O) groups is 1. The number of epoxide rings is 1. The molecule has 0 saturated carbocycles. The molecule has 1 aliphatic carbocycles. The van der Waals surface area contributed by atoms with Crippen LogP contribution in [0.2, 0.25) is 0 Å². The summed E-state index contributed by atoms with van der Waals surface area (Å²) in [6.45, 7) is 6.95. The molecule has 7 heteroatoms. The van der Waals surface area contributed by atoms with Crippen molar-refractivity contribution in [2.24, 2.45) is 0 Å². The summed E-state index contributed by atoms with van der Waals surface area (Å²) in [5.41, 5.74) is 6.94. The van der Waals surface area contributed by atoms with Crippen molar-refractivity contribution in [2.75, 3.05) is 0 Å². The Labute approximate surface area is 203 Å². The second-order valence-electron chi connectivity index (χ2n) is 9.01. The maximum atomic E-state index is 13.4. The lowest BCUT2D eigenvalue weighted by Gasteiger charge is -2.22. The molecule has 3 N–H and O–H groups in total. The molecule has 35 heavy (non-hydrogen) atoms. The van der Waals surface area contributed by atoms with Crippen molar-refractivity contribution in [3.8, 4) is 0 Å². The van der Waals surface area contributed by atoms with Crippen molar-refractivity contribution >= 4 is 11.5 Å². The third kappa shape index (κ3) is 4.97. The van der Waals surface area contributed by atoms with Gasteiger partial charge in [0.05, 0.1) is 0 Å². The number of benzene rings is 2. The first-order valence-electron chi connectivity index (χ1n) is 11.6. The van der Waals surface area contributed by atoms with Crippen LogP contribution in [0.5, 0.6) is 0 Å². The average Bonchev–Trinajstić information content (AvgIpc) is 3.54. The predicted octanol–water partition coefficient (Wildman–Crippen LogP) is 4.48. The SMILES string of the molecule is C=C/C(=C/NC1C=CC(C)=C(c2ccc3c(c2)CNC3=O)C1)C1O[C@@H]1NCc1ccc(F)c(F)c1. The van der Waals surface area contributed by atoms with Crippen molar-refractivity contribution in [3.63, 3.8) is 0 Å². The van der Waals surface area contributed by atoms with Gasteiger partial charge in [-0.15, -0.1) is 0 Å². The molecule has 2 aromatic rings. The first-order chi connectivity index (χ1) is 16.9. The lowest BCUT2D eigenvalue weighted by atomic mass is 9.88. The molecule has 5 rings (SSSR count). The minimum atomic E-state index is -0.859. The van der Waals surface area contributed by atoms with Gasteiger partial charge in [0.2, 0.25) is 0 Å². The Balaban J connectivity index is 1.19. The van der Waals surface area contributed by atoms with Crippen LogP contribution in [0.25, 0.3) is 5.57 Å². The molecule has 5 nitrogen and oxygen atoms in total. The molecule has 1 saturated heterocycles. The molecule has 2 aromatic carbocycles. The molecular weight excluding hydrogens is 448 g/mol. The fraction of sp³-hybridized carbons (Fsp3) is 0.250. The average molecular weight is 476 g/mol. The van der Waals surface area contributed by atoms with Gasteiger partial charge in [-0.25, -0.2) is 8.78 Å². The van der Waals surface area contributed by atoms with E-state index in [0.717, 1.165) is 34.8 Å². The van der Waals surface area contributed by atoms with Crippen LogP contribution in [0.4, 0.5) is 8.78 Å². The van der Waals surface area contributed by atoms with Crippen LogP contribution in [-0.4, -0.2) is 24.3 Å². The maximum absolute atomic E-state index is 13.4. The van der Waals surface area contributed by atoms with Gasteiger partial charge in [0.25, 0.3) is 5.91 Å². The molecule has 180 valence electrons. The normalized spacial score (nSPS) is 23.2. The first kappa shape index (κ1) is 23.2. The first-order valence-corrected chi connectivity index (χ1v) is 11.6. The van der Waals surface area contributed by atoms with Gasteiger partial charge in [0, 0.05) is 30.9 Å². The molecule has 2 unspecified atom stereocenters. The number of hydrogen-bond donors (Lipinski definition) is 3. The molecule has 0 aromatic heterocycles. The molecule has 0 bridgehead atoms. The molecular formula is C28H27F2N3O2. The van der Waals surface area contributed by atoms with Crippen LogP contribution in [-0.2, 0) is 17.8 Å². The van der Waals surface area contributed by atoms with Gasteiger partial charge in [0.1, 0.15) is 12.3 Å². The Morgan fingerprint density at radius 2 is 2.09 bits per heavy atom. The molecule has 3 atom stereocenters. The number of carbonyl (C=O) groups excluding carboxylic acids is 1. The highest BCUT2D eigenvalue weighted by molar-refractivity contribution is 5.98.